The molecule has 0 radical (unpaired) electrons. The minimum atomic E-state index is 0.173. The summed E-state index contributed by atoms with van der Waals surface area (Å²) in [5.41, 5.74) is 2.59. The lowest BCUT2D eigenvalue weighted by Crippen LogP contribution is -2.10. The number of thiol groups is 1. The second-order valence-corrected chi connectivity index (χ2v) is 6.13. The van der Waals surface area contributed by atoms with Crippen molar-refractivity contribution in [2.75, 3.05) is 0 Å². The van der Waals surface area contributed by atoms with E-state index in [1.807, 2.05) is 6.07 Å². The van der Waals surface area contributed by atoms with Gasteiger partial charge in [-0.15, -0.1) is 24.0 Å². The highest BCUT2D eigenvalue weighted by molar-refractivity contribution is 7.82. The van der Waals surface area contributed by atoms with E-state index in [1.54, 1.807) is 11.3 Å². The van der Waals surface area contributed by atoms with Gasteiger partial charge < -0.3 is 0 Å². The zero-order chi connectivity index (χ0) is 10.3. The Bertz CT molecular complexity index is 466. The number of aromatic nitrogens is 1. The average Bonchev–Trinajstić information content (AvgIpc) is 2.41. The summed E-state index contributed by atoms with van der Waals surface area (Å²) in [4.78, 5) is 4.37. The quantitative estimate of drug-likeness (QED) is 0.669. The van der Waals surface area contributed by atoms with Crippen LogP contribution in [0.1, 0.15) is 26.3 Å². The SMILES string of the molecule is CC(C)(C)c1cccc2nc(S)sc12. The van der Waals surface area contributed by atoms with Crippen molar-refractivity contribution in [3.63, 3.8) is 0 Å². The minimum absolute atomic E-state index is 0.173. The van der Waals surface area contributed by atoms with Gasteiger partial charge in [-0.2, -0.15) is 0 Å². The smallest absolute Gasteiger partial charge is 0.148 e. The number of nitrogens with zero attached hydrogens (tertiary/aromatic N) is 1. The maximum Gasteiger partial charge on any atom is 0.148 e. The summed E-state index contributed by atoms with van der Waals surface area (Å²) in [6.07, 6.45) is 0. The normalized spacial score (nSPS) is 12.3. The summed E-state index contributed by atoms with van der Waals surface area (Å²) in [5, 5.41) is 0. The molecule has 0 fully saturated rings. The van der Waals surface area contributed by atoms with Crippen molar-refractivity contribution in [2.45, 2.75) is 30.5 Å². The third kappa shape index (κ3) is 1.66. The van der Waals surface area contributed by atoms with E-state index in [0.717, 1.165) is 9.86 Å². The first-order chi connectivity index (χ1) is 6.48. The van der Waals surface area contributed by atoms with Crippen LogP contribution in [0.15, 0.2) is 22.5 Å². The van der Waals surface area contributed by atoms with E-state index in [1.165, 1.54) is 10.3 Å². The van der Waals surface area contributed by atoms with Crippen LogP contribution < -0.4 is 0 Å². The summed E-state index contributed by atoms with van der Waals surface area (Å²) in [6, 6.07) is 6.28. The lowest BCUT2D eigenvalue weighted by atomic mass is 9.87. The molecule has 0 bridgehead atoms. The van der Waals surface area contributed by atoms with Crippen LogP contribution in [0.5, 0.6) is 0 Å². The largest absolute Gasteiger partial charge is 0.230 e. The Morgan fingerprint density at radius 2 is 2.00 bits per heavy atom. The monoisotopic (exact) mass is 223 g/mol. The minimum Gasteiger partial charge on any atom is -0.230 e. The van der Waals surface area contributed by atoms with Crippen LogP contribution >= 0.6 is 24.0 Å². The molecule has 14 heavy (non-hydrogen) atoms. The van der Waals surface area contributed by atoms with Gasteiger partial charge in [0, 0.05) is 0 Å². The maximum atomic E-state index is 4.37. The Hall–Kier alpha value is -0.540. The molecule has 0 unspecified atom stereocenters. The van der Waals surface area contributed by atoms with E-state index in [9.17, 15) is 0 Å². The standard InChI is InChI=1S/C11H13NS2/c1-11(2,3)7-5-4-6-8-9(7)14-10(13)12-8/h4-6H,1-3H3,(H,12,13). The van der Waals surface area contributed by atoms with Crippen molar-refractivity contribution >= 4 is 34.2 Å². The van der Waals surface area contributed by atoms with Crippen molar-refractivity contribution in [1.29, 1.82) is 0 Å². The molecule has 0 saturated heterocycles. The Morgan fingerprint density at radius 3 is 2.64 bits per heavy atom. The summed E-state index contributed by atoms with van der Waals surface area (Å²) in [7, 11) is 0. The number of hydrogen-bond donors (Lipinski definition) is 1. The van der Waals surface area contributed by atoms with Crippen LogP contribution in [0.3, 0.4) is 0 Å². The molecule has 74 valence electrons. The van der Waals surface area contributed by atoms with E-state index in [0.29, 0.717) is 0 Å². The van der Waals surface area contributed by atoms with Gasteiger partial charge in [-0.25, -0.2) is 4.98 Å². The average molecular weight is 223 g/mol. The van der Waals surface area contributed by atoms with Crippen LogP contribution in [0.4, 0.5) is 0 Å². The van der Waals surface area contributed by atoms with Gasteiger partial charge in [-0.05, 0) is 17.0 Å². The Kier molecular flexibility index (Phi) is 2.32. The molecule has 2 rings (SSSR count). The van der Waals surface area contributed by atoms with Crippen LogP contribution in [-0.4, -0.2) is 4.98 Å². The fraction of sp³-hybridized carbons (Fsp3) is 0.364. The molecule has 1 nitrogen and oxygen atoms in total. The first-order valence-electron chi connectivity index (χ1n) is 4.57. The summed E-state index contributed by atoms with van der Waals surface area (Å²) in [5.74, 6) is 0. The zero-order valence-electron chi connectivity index (χ0n) is 8.53. The summed E-state index contributed by atoms with van der Waals surface area (Å²) in [6.45, 7) is 6.67. The molecule has 1 aromatic carbocycles. The second kappa shape index (κ2) is 3.24. The fourth-order valence-electron chi connectivity index (χ4n) is 1.53. The first kappa shape index (κ1) is 9.99. The number of hydrogen-bond acceptors (Lipinski definition) is 3. The molecule has 1 aromatic heterocycles. The number of thiazole rings is 1. The summed E-state index contributed by atoms with van der Waals surface area (Å²) < 4.78 is 2.11. The van der Waals surface area contributed by atoms with Gasteiger partial charge in [0.2, 0.25) is 0 Å². The van der Waals surface area contributed by atoms with Gasteiger partial charge in [0.25, 0.3) is 0 Å². The van der Waals surface area contributed by atoms with Gasteiger partial charge in [0.1, 0.15) is 4.34 Å². The highest BCUT2D eigenvalue weighted by Gasteiger charge is 2.18. The van der Waals surface area contributed by atoms with E-state index in [-0.39, 0.29) is 5.41 Å². The van der Waals surface area contributed by atoms with E-state index in [2.05, 4.69) is 50.5 Å². The molecule has 0 saturated carbocycles. The molecule has 2 aromatic rings. The lowest BCUT2D eigenvalue weighted by Gasteiger charge is -2.19. The topological polar surface area (TPSA) is 12.9 Å². The predicted molar refractivity (Wildman–Crippen MR) is 65.6 cm³/mol. The molecule has 0 atom stereocenters. The van der Waals surface area contributed by atoms with Gasteiger partial charge in [-0.1, -0.05) is 32.9 Å². The third-order valence-corrected chi connectivity index (χ3v) is 3.49. The van der Waals surface area contributed by atoms with Crippen LogP contribution in [0.2, 0.25) is 0 Å². The van der Waals surface area contributed by atoms with Crippen molar-refractivity contribution < 1.29 is 0 Å². The number of benzene rings is 1. The van der Waals surface area contributed by atoms with E-state index < -0.39 is 0 Å². The molecule has 0 aliphatic rings. The van der Waals surface area contributed by atoms with Gasteiger partial charge >= 0.3 is 0 Å². The highest BCUT2D eigenvalue weighted by Crippen LogP contribution is 2.34. The molecular weight excluding hydrogens is 210 g/mol. The maximum absolute atomic E-state index is 4.37. The van der Waals surface area contributed by atoms with Crippen molar-refractivity contribution in [2.24, 2.45) is 0 Å². The molecule has 3 heteroatoms. The molecule has 0 spiro atoms. The van der Waals surface area contributed by atoms with Crippen molar-refractivity contribution in [3.05, 3.63) is 23.8 Å². The second-order valence-electron chi connectivity index (χ2n) is 4.40. The van der Waals surface area contributed by atoms with Crippen molar-refractivity contribution in [3.8, 4) is 0 Å². The molecule has 0 aliphatic heterocycles. The number of fused-ring (bicyclic) bond motifs is 1. The first-order valence-corrected chi connectivity index (χ1v) is 5.84. The Balaban J connectivity index is 2.77. The van der Waals surface area contributed by atoms with Gasteiger partial charge in [-0.3, -0.25) is 0 Å². The molecule has 0 aliphatic carbocycles. The van der Waals surface area contributed by atoms with Crippen molar-refractivity contribution in [1.82, 2.24) is 4.98 Å². The lowest BCUT2D eigenvalue weighted by molar-refractivity contribution is 0.596. The third-order valence-electron chi connectivity index (χ3n) is 2.21. The van der Waals surface area contributed by atoms with Gasteiger partial charge in [0.15, 0.2) is 0 Å². The molecule has 0 amide bonds. The fourth-order valence-corrected chi connectivity index (χ4v) is 2.94. The highest BCUT2D eigenvalue weighted by atomic mass is 32.2. The van der Waals surface area contributed by atoms with Gasteiger partial charge in [0.05, 0.1) is 10.2 Å². The number of rotatable bonds is 0. The predicted octanol–water partition coefficient (Wildman–Crippen LogP) is 3.88. The molecule has 1 heterocycles. The van der Waals surface area contributed by atoms with Crippen LogP contribution in [-0.2, 0) is 5.41 Å². The Morgan fingerprint density at radius 1 is 1.29 bits per heavy atom. The summed E-state index contributed by atoms with van der Waals surface area (Å²) >= 11 is 5.95. The van der Waals surface area contributed by atoms with E-state index in [4.69, 9.17) is 0 Å². The zero-order valence-corrected chi connectivity index (χ0v) is 10.2. The Labute approximate surface area is 93.6 Å². The van der Waals surface area contributed by atoms with Crippen LogP contribution in [0, 0.1) is 0 Å². The molecule has 0 N–H and O–H groups in total. The van der Waals surface area contributed by atoms with E-state index >= 15 is 0 Å². The molecular formula is C11H13NS2. The van der Waals surface area contributed by atoms with Crippen LogP contribution in [0.25, 0.3) is 10.2 Å².